The van der Waals surface area contributed by atoms with Gasteiger partial charge in [-0.25, -0.2) is 0 Å². The SMILES string of the molecule is O=C(CCCCl)c1cccc2ccncc12. The molecular formula is C13H12ClNO. The number of ketones is 1. The number of pyridine rings is 1. The zero-order valence-electron chi connectivity index (χ0n) is 8.82. The van der Waals surface area contributed by atoms with Crippen molar-refractivity contribution in [1.82, 2.24) is 4.98 Å². The van der Waals surface area contributed by atoms with Gasteiger partial charge in [-0.2, -0.15) is 0 Å². The van der Waals surface area contributed by atoms with E-state index in [4.69, 9.17) is 11.6 Å². The largest absolute Gasteiger partial charge is 0.294 e. The molecule has 1 heterocycles. The van der Waals surface area contributed by atoms with Crippen LogP contribution in [0.2, 0.25) is 0 Å². The van der Waals surface area contributed by atoms with E-state index >= 15 is 0 Å². The van der Waals surface area contributed by atoms with E-state index in [1.54, 1.807) is 12.4 Å². The fraction of sp³-hybridized carbons (Fsp3) is 0.231. The molecule has 0 N–H and O–H groups in total. The van der Waals surface area contributed by atoms with Crippen LogP contribution in [0.5, 0.6) is 0 Å². The van der Waals surface area contributed by atoms with E-state index in [1.165, 1.54) is 0 Å². The van der Waals surface area contributed by atoms with Gasteiger partial charge < -0.3 is 0 Å². The number of hydrogen-bond donors (Lipinski definition) is 0. The minimum Gasteiger partial charge on any atom is -0.294 e. The van der Waals surface area contributed by atoms with Gasteiger partial charge in [-0.05, 0) is 17.9 Å². The van der Waals surface area contributed by atoms with E-state index in [1.807, 2.05) is 24.3 Å². The molecule has 0 saturated carbocycles. The van der Waals surface area contributed by atoms with Gasteiger partial charge in [0.1, 0.15) is 0 Å². The van der Waals surface area contributed by atoms with Gasteiger partial charge in [0.15, 0.2) is 5.78 Å². The van der Waals surface area contributed by atoms with Crippen LogP contribution < -0.4 is 0 Å². The Kier molecular flexibility index (Phi) is 3.52. The summed E-state index contributed by atoms with van der Waals surface area (Å²) < 4.78 is 0. The van der Waals surface area contributed by atoms with Crippen LogP contribution >= 0.6 is 11.6 Å². The lowest BCUT2D eigenvalue weighted by Crippen LogP contribution is -2.00. The number of hydrogen-bond acceptors (Lipinski definition) is 2. The van der Waals surface area contributed by atoms with Gasteiger partial charge in [0.05, 0.1) is 0 Å². The summed E-state index contributed by atoms with van der Waals surface area (Å²) in [5.41, 5.74) is 0.746. The number of fused-ring (bicyclic) bond motifs is 1. The molecule has 2 aromatic rings. The lowest BCUT2D eigenvalue weighted by Gasteiger charge is -2.04. The van der Waals surface area contributed by atoms with Crippen LogP contribution in [0.3, 0.4) is 0 Å². The summed E-state index contributed by atoms with van der Waals surface area (Å²) in [5.74, 6) is 0.661. The Morgan fingerprint density at radius 1 is 1.31 bits per heavy atom. The fourth-order valence-electron chi connectivity index (χ4n) is 1.72. The van der Waals surface area contributed by atoms with Crippen molar-refractivity contribution < 1.29 is 4.79 Å². The molecule has 0 aliphatic rings. The van der Waals surface area contributed by atoms with Crippen LogP contribution in [0, 0.1) is 0 Å². The molecule has 0 bridgehead atoms. The first kappa shape index (κ1) is 11.1. The molecule has 0 fully saturated rings. The summed E-state index contributed by atoms with van der Waals surface area (Å²) >= 11 is 5.59. The predicted octanol–water partition coefficient (Wildman–Crippen LogP) is 3.44. The topological polar surface area (TPSA) is 30.0 Å². The van der Waals surface area contributed by atoms with Crippen LogP contribution in [0.15, 0.2) is 36.7 Å². The molecule has 3 heteroatoms. The number of carbonyl (C=O) groups excluding carboxylic acids is 1. The fourth-order valence-corrected chi connectivity index (χ4v) is 1.85. The van der Waals surface area contributed by atoms with Gasteiger partial charge in [0.2, 0.25) is 0 Å². The van der Waals surface area contributed by atoms with E-state index in [9.17, 15) is 4.79 Å². The Hall–Kier alpha value is -1.41. The van der Waals surface area contributed by atoms with Gasteiger partial charge in [-0.3, -0.25) is 9.78 Å². The Balaban J connectivity index is 2.40. The number of carbonyl (C=O) groups is 1. The average molecular weight is 234 g/mol. The van der Waals surface area contributed by atoms with Crippen molar-refractivity contribution in [3.05, 3.63) is 42.2 Å². The Labute approximate surface area is 99.3 Å². The molecule has 0 radical (unpaired) electrons. The number of Topliss-reactive ketones (excluding diaryl/α,β-unsaturated/α-hetero) is 1. The number of aromatic nitrogens is 1. The molecule has 2 nitrogen and oxygen atoms in total. The monoisotopic (exact) mass is 233 g/mol. The van der Waals surface area contributed by atoms with Crippen molar-refractivity contribution in [2.24, 2.45) is 0 Å². The van der Waals surface area contributed by atoms with E-state index in [2.05, 4.69) is 4.98 Å². The molecule has 0 saturated heterocycles. The standard InChI is InChI=1S/C13H12ClNO/c14-7-2-5-13(16)11-4-1-3-10-6-8-15-9-12(10)11/h1,3-4,6,8-9H,2,5,7H2. The van der Waals surface area contributed by atoms with Crippen LogP contribution in [-0.2, 0) is 0 Å². The Morgan fingerprint density at radius 2 is 2.19 bits per heavy atom. The molecule has 0 spiro atoms. The minimum atomic E-state index is 0.138. The third-order valence-electron chi connectivity index (χ3n) is 2.52. The van der Waals surface area contributed by atoms with Crippen molar-refractivity contribution in [3.8, 4) is 0 Å². The first-order valence-corrected chi connectivity index (χ1v) is 5.78. The molecule has 1 aromatic heterocycles. The molecule has 0 unspecified atom stereocenters. The van der Waals surface area contributed by atoms with Crippen molar-refractivity contribution in [2.45, 2.75) is 12.8 Å². The third-order valence-corrected chi connectivity index (χ3v) is 2.79. The van der Waals surface area contributed by atoms with E-state index in [0.29, 0.717) is 12.3 Å². The average Bonchev–Trinajstić information content (AvgIpc) is 2.35. The smallest absolute Gasteiger partial charge is 0.163 e. The molecule has 82 valence electrons. The van der Waals surface area contributed by atoms with Crippen molar-refractivity contribution >= 4 is 28.2 Å². The maximum absolute atomic E-state index is 11.9. The molecule has 0 aliphatic carbocycles. The zero-order valence-corrected chi connectivity index (χ0v) is 9.57. The van der Waals surface area contributed by atoms with Gasteiger partial charge in [-0.1, -0.05) is 18.2 Å². The predicted molar refractivity (Wildman–Crippen MR) is 66.0 cm³/mol. The van der Waals surface area contributed by atoms with Gasteiger partial charge >= 0.3 is 0 Å². The molecule has 0 aliphatic heterocycles. The molecule has 0 atom stereocenters. The second-order valence-electron chi connectivity index (χ2n) is 3.62. The molecular weight excluding hydrogens is 222 g/mol. The summed E-state index contributed by atoms with van der Waals surface area (Å²) in [5, 5.41) is 1.97. The lowest BCUT2D eigenvalue weighted by molar-refractivity contribution is 0.0983. The van der Waals surface area contributed by atoms with Crippen molar-refractivity contribution in [3.63, 3.8) is 0 Å². The van der Waals surface area contributed by atoms with Crippen LogP contribution in [0.25, 0.3) is 10.8 Å². The van der Waals surface area contributed by atoms with Crippen LogP contribution in [-0.4, -0.2) is 16.6 Å². The number of halogens is 1. The number of alkyl halides is 1. The second-order valence-corrected chi connectivity index (χ2v) is 4.00. The highest BCUT2D eigenvalue weighted by Crippen LogP contribution is 2.19. The molecule has 1 aromatic carbocycles. The minimum absolute atomic E-state index is 0.138. The summed E-state index contributed by atoms with van der Waals surface area (Å²) in [4.78, 5) is 16.0. The van der Waals surface area contributed by atoms with Gasteiger partial charge in [-0.15, -0.1) is 11.6 Å². The van der Waals surface area contributed by atoms with Crippen LogP contribution in [0.4, 0.5) is 0 Å². The summed E-state index contributed by atoms with van der Waals surface area (Å²) in [7, 11) is 0. The lowest BCUT2D eigenvalue weighted by atomic mass is 10.0. The van der Waals surface area contributed by atoms with E-state index < -0.39 is 0 Å². The van der Waals surface area contributed by atoms with E-state index in [0.717, 1.165) is 22.8 Å². The molecule has 16 heavy (non-hydrogen) atoms. The first-order valence-electron chi connectivity index (χ1n) is 5.25. The molecule has 2 rings (SSSR count). The van der Waals surface area contributed by atoms with Crippen LogP contribution in [0.1, 0.15) is 23.2 Å². The number of benzene rings is 1. The Morgan fingerprint density at radius 3 is 3.00 bits per heavy atom. The second kappa shape index (κ2) is 5.08. The quantitative estimate of drug-likeness (QED) is 0.598. The summed E-state index contributed by atoms with van der Waals surface area (Å²) in [6.07, 6.45) is 4.69. The van der Waals surface area contributed by atoms with Crippen molar-refractivity contribution in [1.29, 1.82) is 0 Å². The summed E-state index contributed by atoms with van der Waals surface area (Å²) in [6, 6.07) is 7.64. The molecule has 0 amide bonds. The summed E-state index contributed by atoms with van der Waals surface area (Å²) in [6.45, 7) is 0. The van der Waals surface area contributed by atoms with Gasteiger partial charge in [0, 0.05) is 35.6 Å². The number of rotatable bonds is 4. The third kappa shape index (κ3) is 2.22. The highest BCUT2D eigenvalue weighted by atomic mass is 35.5. The highest BCUT2D eigenvalue weighted by molar-refractivity contribution is 6.18. The number of nitrogens with zero attached hydrogens (tertiary/aromatic N) is 1. The van der Waals surface area contributed by atoms with Gasteiger partial charge in [0.25, 0.3) is 0 Å². The first-order chi connectivity index (χ1) is 7.83. The highest BCUT2D eigenvalue weighted by Gasteiger charge is 2.08. The maximum Gasteiger partial charge on any atom is 0.163 e. The van der Waals surface area contributed by atoms with Crippen molar-refractivity contribution in [2.75, 3.05) is 5.88 Å². The maximum atomic E-state index is 11.9. The normalized spacial score (nSPS) is 10.6. The van der Waals surface area contributed by atoms with E-state index in [-0.39, 0.29) is 5.78 Å². The Bertz CT molecular complexity index is 505. The zero-order chi connectivity index (χ0) is 11.4.